The van der Waals surface area contributed by atoms with Crippen molar-refractivity contribution in [1.82, 2.24) is 19.7 Å². The molecule has 0 atom stereocenters. The highest BCUT2D eigenvalue weighted by atomic mass is 15.3. The minimum Gasteiger partial charge on any atom is -0.370 e. The Balaban J connectivity index is 1.51. The second-order valence-electron chi connectivity index (χ2n) is 6.03. The van der Waals surface area contributed by atoms with E-state index in [9.17, 15) is 0 Å². The number of hydrogen-bond acceptors (Lipinski definition) is 6. The van der Waals surface area contributed by atoms with Gasteiger partial charge in [-0.15, -0.1) is 0 Å². The molecule has 2 aromatic rings. The Morgan fingerprint density at radius 2 is 2.18 bits per heavy atom. The summed E-state index contributed by atoms with van der Waals surface area (Å²) in [6.45, 7) is 3.74. The zero-order valence-electron chi connectivity index (χ0n) is 12.9. The van der Waals surface area contributed by atoms with Crippen LogP contribution in [0.4, 0.5) is 11.8 Å². The molecule has 7 heteroatoms. The predicted octanol–water partition coefficient (Wildman–Crippen LogP) is 1.27. The lowest BCUT2D eigenvalue weighted by atomic mass is 9.78. The third-order valence-electron chi connectivity index (χ3n) is 3.99. The third kappa shape index (κ3) is 3.54. The number of hydrogen-bond donors (Lipinski definition) is 3. The summed E-state index contributed by atoms with van der Waals surface area (Å²) >= 11 is 0. The van der Waals surface area contributed by atoms with Crippen molar-refractivity contribution >= 4 is 11.8 Å². The van der Waals surface area contributed by atoms with Gasteiger partial charge in [-0.3, -0.25) is 4.68 Å². The van der Waals surface area contributed by atoms with Gasteiger partial charge in [-0.1, -0.05) is 0 Å². The largest absolute Gasteiger partial charge is 0.370 e. The summed E-state index contributed by atoms with van der Waals surface area (Å²) in [7, 11) is 0. The molecule has 118 valence electrons. The Morgan fingerprint density at radius 3 is 2.86 bits per heavy atom. The molecule has 1 saturated carbocycles. The van der Waals surface area contributed by atoms with Gasteiger partial charge in [0.1, 0.15) is 5.82 Å². The first-order valence-electron chi connectivity index (χ1n) is 7.73. The van der Waals surface area contributed by atoms with Gasteiger partial charge in [-0.25, -0.2) is 4.98 Å². The number of nitrogens with zero attached hydrogens (tertiary/aromatic N) is 4. The van der Waals surface area contributed by atoms with Crippen molar-refractivity contribution in [3.8, 4) is 0 Å². The molecule has 0 aliphatic heterocycles. The minimum atomic E-state index is 0.301. The van der Waals surface area contributed by atoms with E-state index < -0.39 is 0 Å². The molecule has 0 radical (unpaired) electrons. The molecule has 0 aromatic carbocycles. The standard InChI is InChI=1S/C15H23N7/c1-10-8-19-22(9-10)4-2-3-18-14-7-13(20-15(17)21-14)11-5-12(16)6-11/h7-9,11-12H,2-6,16H2,1H3,(H3,17,18,20,21). The highest BCUT2D eigenvalue weighted by Crippen LogP contribution is 2.35. The van der Waals surface area contributed by atoms with Crippen molar-refractivity contribution in [2.45, 2.75) is 44.7 Å². The molecule has 22 heavy (non-hydrogen) atoms. The fourth-order valence-electron chi connectivity index (χ4n) is 2.74. The highest BCUT2D eigenvalue weighted by molar-refractivity contribution is 5.41. The molecule has 0 saturated heterocycles. The summed E-state index contributed by atoms with van der Waals surface area (Å²) in [6, 6.07) is 2.29. The lowest BCUT2D eigenvalue weighted by molar-refractivity contribution is 0.345. The van der Waals surface area contributed by atoms with Gasteiger partial charge in [0.05, 0.1) is 11.9 Å². The van der Waals surface area contributed by atoms with Crippen molar-refractivity contribution in [3.05, 3.63) is 29.7 Å². The first-order chi connectivity index (χ1) is 10.6. The van der Waals surface area contributed by atoms with Gasteiger partial charge in [-0.05, 0) is 31.7 Å². The average molecular weight is 301 g/mol. The van der Waals surface area contributed by atoms with Crippen LogP contribution in [0, 0.1) is 6.92 Å². The lowest BCUT2D eigenvalue weighted by Gasteiger charge is -2.32. The normalized spacial score (nSPS) is 20.6. The molecule has 1 aliphatic carbocycles. The Bertz CT molecular complexity index is 631. The van der Waals surface area contributed by atoms with Crippen molar-refractivity contribution in [2.75, 3.05) is 17.6 Å². The van der Waals surface area contributed by atoms with Crippen LogP contribution < -0.4 is 16.8 Å². The maximum atomic E-state index is 5.84. The fraction of sp³-hybridized carbons (Fsp3) is 0.533. The third-order valence-corrected chi connectivity index (χ3v) is 3.99. The number of rotatable bonds is 6. The second kappa shape index (κ2) is 6.31. The van der Waals surface area contributed by atoms with Crippen LogP contribution in [0.3, 0.4) is 0 Å². The van der Waals surface area contributed by atoms with Gasteiger partial charge in [0.25, 0.3) is 0 Å². The number of aromatic nitrogens is 4. The Labute approximate surface area is 130 Å². The zero-order chi connectivity index (χ0) is 15.5. The number of nitrogen functional groups attached to an aromatic ring is 1. The predicted molar refractivity (Wildman–Crippen MR) is 86.5 cm³/mol. The topological polar surface area (TPSA) is 108 Å². The molecule has 1 fully saturated rings. The Morgan fingerprint density at radius 1 is 1.36 bits per heavy atom. The first kappa shape index (κ1) is 14.8. The van der Waals surface area contributed by atoms with Crippen molar-refractivity contribution in [2.24, 2.45) is 5.73 Å². The van der Waals surface area contributed by atoms with Crippen molar-refractivity contribution in [1.29, 1.82) is 0 Å². The van der Waals surface area contributed by atoms with Gasteiger partial charge in [-0.2, -0.15) is 10.1 Å². The van der Waals surface area contributed by atoms with Gasteiger partial charge in [0.15, 0.2) is 0 Å². The summed E-state index contributed by atoms with van der Waals surface area (Å²) in [5.41, 5.74) is 13.8. The van der Waals surface area contributed by atoms with Crippen LogP contribution in [0.25, 0.3) is 0 Å². The van der Waals surface area contributed by atoms with Crippen LogP contribution in [0.15, 0.2) is 18.5 Å². The summed E-state index contributed by atoms with van der Waals surface area (Å²) in [6.07, 6.45) is 6.84. The molecule has 3 rings (SSSR count). The number of nitrogens with one attached hydrogen (secondary N) is 1. The molecule has 0 unspecified atom stereocenters. The Kier molecular flexibility index (Phi) is 4.24. The molecule has 0 amide bonds. The van der Waals surface area contributed by atoms with Crippen molar-refractivity contribution in [3.63, 3.8) is 0 Å². The fourth-order valence-corrected chi connectivity index (χ4v) is 2.74. The van der Waals surface area contributed by atoms with Crippen molar-refractivity contribution < 1.29 is 0 Å². The average Bonchev–Trinajstić information content (AvgIpc) is 2.85. The minimum absolute atomic E-state index is 0.301. The van der Waals surface area contributed by atoms with Crippen LogP contribution in [-0.2, 0) is 6.54 Å². The maximum absolute atomic E-state index is 5.84. The van der Waals surface area contributed by atoms with E-state index in [-0.39, 0.29) is 0 Å². The van der Waals surface area contributed by atoms with Gasteiger partial charge in [0, 0.05) is 37.3 Å². The van der Waals surface area contributed by atoms with E-state index in [0.717, 1.165) is 43.9 Å². The smallest absolute Gasteiger partial charge is 0.222 e. The molecule has 5 N–H and O–H groups in total. The van der Waals surface area contributed by atoms with Crippen LogP contribution in [-0.4, -0.2) is 32.3 Å². The van der Waals surface area contributed by atoms with E-state index in [1.165, 1.54) is 5.56 Å². The molecule has 7 nitrogen and oxygen atoms in total. The summed E-state index contributed by atoms with van der Waals surface area (Å²) in [5, 5.41) is 7.58. The quantitative estimate of drug-likeness (QED) is 0.693. The molecule has 0 bridgehead atoms. The van der Waals surface area contributed by atoms with Crippen LogP contribution in [0.2, 0.25) is 0 Å². The number of nitrogens with two attached hydrogens (primary N) is 2. The van der Waals surface area contributed by atoms with Gasteiger partial charge in [0.2, 0.25) is 5.95 Å². The highest BCUT2D eigenvalue weighted by Gasteiger charge is 2.29. The molecular formula is C15H23N7. The lowest BCUT2D eigenvalue weighted by Crippen LogP contribution is -2.35. The summed E-state index contributed by atoms with van der Waals surface area (Å²) in [4.78, 5) is 8.57. The second-order valence-corrected chi connectivity index (χ2v) is 6.03. The molecule has 2 heterocycles. The SMILES string of the molecule is Cc1cnn(CCCNc2cc(C3CC(N)C3)nc(N)n2)c1. The molecule has 2 aromatic heterocycles. The van der Waals surface area contributed by atoms with E-state index in [4.69, 9.17) is 11.5 Å². The number of aryl methyl sites for hydroxylation is 2. The van der Waals surface area contributed by atoms with E-state index in [0.29, 0.717) is 17.9 Å². The molecular weight excluding hydrogens is 278 g/mol. The molecule has 0 spiro atoms. The maximum Gasteiger partial charge on any atom is 0.222 e. The summed E-state index contributed by atoms with van der Waals surface area (Å²) < 4.78 is 1.95. The number of anilines is 2. The van der Waals surface area contributed by atoms with Gasteiger partial charge < -0.3 is 16.8 Å². The van der Waals surface area contributed by atoms with E-state index in [1.807, 2.05) is 30.1 Å². The first-order valence-corrected chi connectivity index (χ1v) is 7.73. The van der Waals surface area contributed by atoms with Crippen LogP contribution >= 0.6 is 0 Å². The zero-order valence-corrected chi connectivity index (χ0v) is 12.9. The van der Waals surface area contributed by atoms with E-state index in [2.05, 4.69) is 20.4 Å². The monoisotopic (exact) mass is 301 g/mol. The van der Waals surface area contributed by atoms with Crippen LogP contribution in [0.1, 0.15) is 36.4 Å². The summed E-state index contributed by atoms with van der Waals surface area (Å²) in [5.74, 6) is 1.54. The molecule has 1 aliphatic rings. The van der Waals surface area contributed by atoms with E-state index in [1.54, 1.807) is 0 Å². The van der Waals surface area contributed by atoms with Gasteiger partial charge >= 0.3 is 0 Å². The van der Waals surface area contributed by atoms with E-state index >= 15 is 0 Å². The Hall–Kier alpha value is -2.15. The van der Waals surface area contributed by atoms with Crippen LogP contribution in [0.5, 0.6) is 0 Å².